The van der Waals surface area contributed by atoms with Crippen LogP contribution >= 0.6 is 0 Å². The maximum absolute atomic E-state index is 11.5. The van der Waals surface area contributed by atoms with E-state index in [2.05, 4.69) is 4.72 Å². The molecule has 7 heteroatoms. The van der Waals surface area contributed by atoms with Crippen LogP contribution < -0.4 is 4.72 Å². The summed E-state index contributed by atoms with van der Waals surface area (Å²) in [5.74, 6) is 0.656. The summed E-state index contributed by atoms with van der Waals surface area (Å²) in [6, 6.07) is 3.52. The lowest BCUT2D eigenvalue weighted by molar-refractivity contribution is -0.129. The van der Waals surface area contributed by atoms with Crippen molar-refractivity contribution in [3.05, 3.63) is 24.2 Å². The molecule has 0 aliphatic rings. The normalized spacial score (nSPS) is 11.5. The SMILES string of the molecule is CCCS(=O)(=O)NCCN(Cc1ccco1)C(C)=O. The van der Waals surface area contributed by atoms with Crippen LogP contribution in [0.4, 0.5) is 0 Å². The van der Waals surface area contributed by atoms with Crippen LogP contribution in [0.25, 0.3) is 0 Å². The Bertz CT molecular complexity index is 482. The number of sulfonamides is 1. The highest BCUT2D eigenvalue weighted by atomic mass is 32.2. The minimum atomic E-state index is -3.23. The molecule has 0 bridgehead atoms. The summed E-state index contributed by atoms with van der Waals surface area (Å²) in [4.78, 5) is 13.0. The molecule has 0 saturated heterocycles. The first-order chi connectivity index (χ1) is 8.94. The van der Waals surface area contributed by atoms with Crippen LogP contribution in [0.3, 0.4) is 0 Å². The molecule has 0 unspecified atom stereocenters. The van der Waals surface area contributed by atoms with Crippen molar-refractivity contribution < 1.29 is 17.6 Å². The highest BCUT2D eigenvalue weighted by Crippen LogP contribution is 2.05. The fourth-order valence-corrected chi connectivity index (χ4v) is 2.70. The second-order valence-corrected chi connectivity index (χ2v) is 6.16. The monoisotopic (exact) mass is 288 g/mol. The van der Waals surface area contributed by atoms with Gasteiger partial charge in [-0.15, -0.1) is 0 Å². The predicted octanol–water partition coefficient (Wildman–Crippen LogP) is 0.957. The van der Waals surface area contributed by atoms with Gasteiger partial charge in [0.15, 0.2) is 0 Å². The van der Waals surface area contributed by atoms with E-state index in [-0.39, 0.29) is 18.2 Å². The lowest BCUT2D eigenvalue weighted by Crippen LogP contribution is -2.37. The Balaban J connectivity index is 2.45. The van der Waals surface area contributed by atoms with E-state index in [1.807, 2.05) is 0 Å². The van der Waals surface area contributed by atoms with Crippen LogP contribution in [0.5, 0.6) is 0 Å². The molecule has 0 radical (unpaired) electrons. The van der Waals surface area contributed by atoms with Crippen LogP contribution in [0, 0.1) is 0 Å². The average Bonchev–Trinajstić information content (AvgIpc) is 2.80. The van der Waals surface area contributed by atoms with Gasteiger partial charge in [0.25, 0.3) is 0 Å². The third-order valence-electron chi connectivity index (χ3n) is 2.55. The van der Waals surface area contributed by atoms with Crippen LogP contribution in [-0.2, 0) is 21.4 Å². The molecule has 1 aromatic heterocycles. The summed E-state index contributed by atoms with van der Waals surface area (Å²) in [6.07, 6.45) is 2.11. The standard InChI is InChI=1S/C12H20N2O4S/c1-3-9-19(16,17)13-6-7-14(11(2)15)10-12-5-4-8-18-12/h4-5,8,13H,3,6-7,9-10H2,1-2H3. The maximum Gasteiger partial charge on any atom is 0.219 e. The van der Waals surface area contributed by atoms with E-state index < -0.39 is 10.0 Å². The van der Waals surface area contributed by atoms with Crippen LogP contribution in [-0.4, -0.2) is 38.1 Å². The number of furan rings is 1. The van der Waals surface area contributed by atoms with Crippen LogP contribution in [0.2, 0.25) is 0 Å². The van der Waals surface area contributed by atoms with E-state index in [4.69, 9.17) is 4.42 Å². The topological polar surface area (TPSA) is 79.6 Å². The molecule has 1 amide bonds. The molecular weight excluding hydrogens is 268 g/mol. The van der Waals surface area contributed by atoms with Crippen molar-refractivity contribution in [3.8, 4) is 0 Å². The van der Waals surface area contributed by atoms with Gasteiger partial charge in [0.1, 0.15) is 5.76 Å². The molecule has 1 N–H and O–H groups in total. The molecule has 19 heavy (non-hydrogen) atoms. The molecule has 0 atom stereocenters. The lowest BCUT2D eigenvalue weighted by atomic mass is 10.4. The molecule has 108 valence electrons. The van der Waals surface area contributed by atoms with E-state index >= 15 is 0 Å². The lowest BCUT2D eigenvalue weighted by Gasteiger charge is -2.20. The van der Waals surface area contributed by atoms with Gasteiger partial charge in [-0.3, -0.25) is 4.79 Å². The highest BCUT2D eigenvalue weighted by molar-refractivity contribution is 7.89. The number of carbonyl (C=O) groups is 1. The van der Waals surface area contributed by atoms with Gasteiger partial charge in [-0.2, -0.15) is 0 Å². The zero-order valence-corrected chi connectivity index (χ0v) is 12.1. The van der Waals surface area contributed by atoms with E-state index in [1.54, 1.807) is 19.1 Å². The third-order valence-corrected chi connectivity index (χ3v) is 4.14. The quantitative estimate of drug-likeness (QED) is 0.772. The van der Waals surface area contributed by atoms with E-state index in [0.717, 1.165) is 0 Å². The third kappa shape index (κ3) is 5.89. The molecule has 0 aliphatic carbocycles. The van der Waals surface area contributed by atoms with E-state index in [1.165, 1.54) is 18.1 Å². The Morgan fingerprint density at radius 3 is 2.74 bits per heavy atom. The smallest absolute Gasteiger partial charge is 0.219 e. The van der Waals surface area contributed by atoms with Gasteiger partial charge in [0.05, 0.1) is 18.6 Å². The average molecular weight is 288 g/mol. The Kier molecular flexibility index (Phi) is 6.04. The van der Waals surface area contributed by atoms with Gasteiger partial charge >= 0.3 is 0 Å². The summed E-state index contributed by atoms with van der Waals surface area (Å²) in [7, 11) is -3.23. The Morgan fingerprint density at radius 2 is 2.21 bits per heavy atom. The second-order valence-electron chi connectivity index (χ2n) is 4.23. The number of carbonyl (C=O) groups excluding carboxylic acids is 1. The van der Waals surface area contributed by atoms with Gasteiger partial charge in [-0.25, -0.2) is 13.1 Å². The van der Waals surface area contributed by atoms with E-state index in [9.17, 15) is 13.2 Å². The molecule has 1 aromatic rings. The van der Waals surface area contributed by atoms with Gasteiger partial charge in [0, 0.05) is 20.0 Å². The fraction of sp³-hybridized carbons (Fsp3) is 0.583. The van der Waals surface area contributed by atoms with Crippen molar-refractivity contribution in [2.45, 2.75) is 26.8 Å². The van der Waals surface area contributed by atoms with Gasteiger partial charge in [-0.1, -0.05) is 6.92 Å². The van der Waals surface area contributed by atoms with Crippen LogP contribution in [0.15, 0.2) is 22.8 Å². The molecule has 0 aliphatic heterocycles. The summed E-state index contributed by atoms with van der Waals surface area (Å²) < 4.78 is 30.6. The van der Waals surface area contributed by atoms with Crippen molar-refractivity contribution in [1.29, 1.82) is 0 Å². The van der Waals surface area contributed by atoms with Crippen LogP contribution in [0.1, 0.15) is 26.0 Å². The number of hydrogen-bond acceptors (Lipinski definition) is 4. The molecule has 0 fully saturated rings. The Morgan fingerprint density at radius 1 is 1.47 bits per heavy atom. The number of nitrogens with zero attached hydrogens (tertiary/aromatic N) is 1. The predicted molar refractivity (Wildman–Crippen MR) is 71.9 cm³/mol. The summed E-state index contributed by atoms with van der Waals surface area (Å²) in [5.41, 5.74) is 0. The second kappa shape index (κ2) is 7.30. The first-order valence-electron chi connectivity index (χ1n) is 6.20. The summed E-state index contributed by atoms with van der Waals surface area (Å²) in [5, 5.41) is 0. The summed E-state index contributed by atoms with van der Waals surface area (Å²) in [6.45, 7) is 4.13. The molecule has 6 nitrogen and oxygen atoms in total. The minimum absolute atomic E-state index is 0.102. The molecule has 0 saturated carbocycles. The number of amides is 1. The van der Waals surface area contributed by atoms with Gasteiger partial charge < -0.3 is 9.32 Å². The van der Waals surface area contributed by atoms with Gasteiger partial charge in [-0.05, 0) is 18.6 Å². The number of rotatable bonds is 8. The molecule has 0 aromatic carbocycles. The largest absolute Gasteiger partial charge is 0.467 e. The zero-order valence-electron chi connectivity index (χ0n) is 11.3. The summed E-state index contributed by atoms with van der Waals surface area (Å²) >= 11 is 0. The Hall–Kier alpha value is -1.34. The molecule has 1 heterocycles. The van der Waals surface area contributed by atoms with Gasteiger partial charge in [0.2, 0.25) is 15.9 Å². The van der Waals surface area contributed by atoms with Crippen molar-refractivity contribution in [2.75, 3.05) is 18.8 Å². The van der Waals surface area contributed by atoms with Crippen molar-refractivity contribution >= 4 is 15.9 Å². The van der Waals surface area contributed by atoms with E-state index in [0.29, 0.717) is 25.3 Å². The molecule has 1 rings (SSSR count). The molecular formula is C12H20N2O4S. The van der Waals surface area contributed by atoms with Crippen molar-refractivity contribution in [2.24, 2.45) is 0 Å². The molecule has 0 spiro atoms. The van der Waals surface area contributed by atoms with Crippen molar-refractivity contribution in [1.82, 2.24) is 9.62 Å². The minimum Gasteiger partial charge on any atom is -0.467 e. The fourth-order valence-electron chi connectivity index (χ4n) is 1.62. The number of hydrogen-bond donors (Lipinski definition) is 1. The van der Waals surface area contributed by atoms with Crippen molar-refractivity contribution in [3.63, 3.8) is 0 Å². The maximum atomic E-state index is 11.5. The highest BCUT2D eigenvalue weighted by Gasteiger charge is 2.13. The number of nitrogens with one attached hydrogen (secondary N) is 1. The zero-order chi connectivity index (χ0) is 14.3. The first kappa shape index (κ1) is 15.7. The Labute approximate surface area is 113 Å². The first-order valence-corrected chi connectivity index (χ1v) is 7.85.